The van der Waals surface area contributed by atoms with Crippen LogP contribution in [0.2, 0.25) is 0 Å². The average molecular weight is 381 g/mol. The maximum absolute atomic E-state index is 12.2. The van der Waals surface area contributed by atoms with Crippen LogP contribution in [0.15, 0.2) is 41.8 Å². The van der Waals surface area contributed by atoms with Gasteiger partial charge in [0, 0.05) is 10.9 Å². The Bertz CT molecular complexity index is 963. The van der Waals surface area contributed by atoms with Crippen LogP contribution in [-0.4, -0.2) is 17.5 Å². The van der Waals surface area contributed by atoms with Crippen LogP contribution in [0, 0.1) is 27.7 Å². The van der Waals surface area contributed by atoms with Gasteiger partial charge in [0.1, 0.15) is 5.75 Å². The third-order valence-corrected chi connectivity index (χ3v) is 5.11. The van der Waals surface area contributed by atoms with E-state index >= 15 is 0 Å². The van der Waals surface area contributed by atoms with Crippen LogP contribution in [0.25, 0.3) is 11.3 Å². The molecular weight excluding hydrogens is 356 g/mol. The maximum atomic E-state index is 12.2. The quantitative estimate of drug-likeness (QED) is 0.618. The van der Waals surface area contributed by atoms with Crippen molar-refractivity contribution < 1.29 is 9.53 Å². The number of aromatic nitrogens is 1. The molecule has 0 saturated heterocycles. The Labute approximate surface area is 164 Å². The molecule has 0 aliphatic carbocycles. The van der Waals surface area contributed by atoms with E-state index in [-0.39, 0.29) is 12.3 Å². The summed E-state index contributed by atoms with van der Waals surface area (Å²) >= 11 is 1.44. The van der Waals surface area contributed by atoms with Crippen molar-refractivity contribution in [2.75, 3.05) is 11.9 Å². The zero-order valence-electron chi connectivity index (χ0n) is 16.1. The minimum absolute atomic E-state index is 0.0952. The lowest BCUT2D eigenvalue weighted by Crippen LogP contribution is -2.15. The predicted molar refractivity (Wildman–Crippen MR) is 112 cm³/mol. The summed E-state index contributed by atoms with van der Waals surface area (Å²) in [6.07, 6.45) is 0.284. The highest BCUT2D eigenvalue weighted by atomic mass is 32.1. The second-order valence-electron chi connectivity index (χ2n) is 6.77. The topological polar surface area (TPSA) is 51.2 Å². The van der Waals surface area contributed by atoms with Gasteiger partial charge in [-0.05, 0) is 56.5 Å². The maximum Gasteiger partial charge on any atom is 0.229 e. The smallest absolute Gasteiger partial charge is 0.229 e. The van der Waals surface area contributed by atoms with Gasteiger partial charge in [-0.15, -0.1) is 11.3 Å². The molecule has 3 aromatic rings. The Balaban J connectivity index is 1.56. The molecular formula is C22H24N2O2S. The fourth-order valence-corrected chi connectivity index (χ4v) is 3.49. The molecule has 1 amide bonds. The Morgan fingerprint density at radius 2 is 1.74 bits per heavy atom. The molecule has 0 radical (unpaired) electrons. The molecule has 0 aliphatic heterocycles. The second-order valence-corrected chi connectivity index (χ2v) is 7.63. The number of carbonyl (C=O) groups is 1. The van der Waals surface area contributed by atoms with Crippen molar-refractivity contribution in [3.8, 4) is 17.0 Å². The number of benzene rings is 2. The minimum Gasteiger partial charge on any atom is -0.493 e. The zero-order valence-corrected chi connectivity index (χ0v) is 16.9. The number of amides is 1. The lowest BCUT2D eigenvalue weighted by atomic mass is 10.0. The average Bonchev–Trinajstić information content (AvgIpc) is 3.08. The van der Waals surface area contributed by atoms with Gasteiger partial charge in [0.2, 0.25) is 5.91 Å². The number of carbonyl (C=O) groups excluding carboxylic acids is 1. The molecule has 0 bridgehead atoms. The molecule has 0 unspecified atom stereocenters. The molecule has 1 N–H and O–H groups in total. The molecule has 3 rings (SSSR count). The van der Waals surface area contributed by atoms with Crippen molar-refractivity contribution in [2.24, 2.45) is 0 Å². The van der Waals surface area contributed by atoms with E-state index in [0.29, 0.717) is 11.7 Å². The Kier molecular flexibility index (Phi) is 5.91. The third-order valence-electron chi connectivity index (χ3n) is 4.35. The van der Waals surface area contributed by atoms with Crippen molar-refractivity contribution >= 4 is 22.4 Å². The molecule has 0 atom stereocenters. The second kappa shape index (κ2) is 8.35. The Morgan fingerprint density at radius 3 is 2.52 bits per heavy atom. The van der Waals surface area contributed by atoms with Crippen molar-refractivity contribution in [2.45, 2.75) is 34.1 Å². The number of thiazole rings is 1. The third kappa shape index (κ3) is 4.95. The highest BCUT2D eigenvalue weighted by molar-refractivity contribution is 7.14. The van der Waals surface area contributed by atoms with Crippen molar-refractivity contribution in [3.05, 3.63) is 64.0 Å². The van der Waals surface area contributed by atoms with Crippen molar-refractivity contribution in [1.82, 2.24) is 4.98 Å². The molecule has 1 aromatic heterocycles. The molecule has 2 aromatic carbocycles. The normalized spacial score (nSPS) is 10.7. The number of rotatable bonds is 6. The van der Waals surface area contributed by atoms with Crippen LogP contribution in [0.4, 0.5) is 5.13 Å². The van der Waals surface area contributed by atoms with Crippen LogP contribution in [0.3, 0.4) is 0 Å². The predicted octanol–water partition coefficient (Wildman–Crippen LogP) is 5.45. The number of hydrogen-bond acceptors (Lipinski definition) is 4. The number of aryl methyl sites for hydroxylation is 4. The van der Waals surface area contributed by atoms with E-state index in [4.69, 9.17) is 4.74 Å². The van der Waals surface area contributed by atoms with Gasteiger partial charge in [-0.3, -0.25) is 4.79 Å². The molecule has 0 aliphatic rings. The van der Waals surface area contributed by atoms with E-state index in [0.717, 1.165) is 28.1 Å². The first-order valence-electron chi connectivity index (χ1n) is 8.95. The zero-order chi connectivity index (χ0) is 19.4. The number of ether oxygens (including phenoxy) is 1. The lowest BCUT2D eigenvalue weighted by molar-refractivity contribution is -0.116. The van der Waals surface area contributed by atoms with E-state index < -0.39 is 0 Å². The summed E-state index contributed by atoms with van der Waals surface area (Å²) in [4.78, 5) is 16.8. The Morgan fingerprint density at radius 1 is 1.04 bits per heavy atom. The Hall–Kier alpha value is -2.66. The molecule has 140 valence electrons. The fraction of sp³-hybridized carbons (Fsp3) is 0.273. The molecule has 1 heterocycles. The van der Waals surface area contributed by atoms with Gasteiger partial charge >= 0.3 is 0 Å². The standard InChI is InChI=1S/C22H24N2O2S/c1-14-5-7-16(3)18(11-14)19-13-27-22(23-19)24-21(25)9-10-26-20-12-15(2)6-8-17(20)4/h5-8,11-13H,9-10H2,1-4H3,(H,23,24,25). The first-order chi connectivity index (χ1) is 12.9. The van der Waals surface area contributed by atoms with Crippen LogP contribution < -0.4 is 10.1 Å². The summed E-state index contributed by atoms with van der Waals surface area (Å²) in [7, 11) is 0. The summed E-state index contributed by atoms with van der Waals surface area (Å²) in [6, 6.07) is 12.4. The van der Waals surface area contributed by atoms with E-state index in [9.17, 15) is 4.79 Å². The van der Waals surface area contributed by atoms with Gasteiger partial charge in [0.15, 0.2) is 5.13 Å². The summed E-state index contributed by atoms with van der Waals surface area (Å²) in [5, 5.41) is 5.46. The van der Waals surface area contributed by atoms with E-state index in [1.165, 1.54) is 22.5 Å². The SMILES string of the molecule is Cc1ccc(C)c(OCCC(=O)Nc2nc(-c3cc(C)ccc3C)cs2)c1. The molecule has 0 spiro atoms. The van der Waals surface area contributed by atoms with Gasteiger partial charge in [0.05, 0.1) is 18.7 Å². The highest BCUT2D eigenvalue weighted by Gasteiger charge is 2.10. The molecule has 5 heteroatoms. The first-order valence-corrected chi connectivity index (χ1v) is 9.83. The van der Waals surface area contributed by atoms with Gasteiger partial charge < -0.3 is 10.1 Å². The van der Waals surface area contributed by atoms with Gasteiger partial charge in [-0.25, -0.2) is 4.98 Å². The van der Waals surface area contributed by atoms with E-state index in [2.05, 4.69) is 42.3 Å². The first kappa shape index (κ1) is 19.1. The van der Waals surface area contributed by atoms with E-state index in [1.54, 1.807) is 0 Å². The highest BCUT2D eigenvalue weighted by Crippen LogP contribution is 2.28. The summed E-state index contributed by atoms with van der Waals surface area (Å²) in [5.74, 6) is 0.733. The van der Waals surface area contributed by atoms with Crippen LogP contribution in [0.1, 0.15) is 28.7 Å². The van der Waals surface area contributed by atoms with Gasteiger partial charge in [-0.1, -0.05) is 29.8 Å². The number of nitrogens with one attached hydrogen (secondary N) is 1. The van der Waals surface area contributed by atoms with Crippen LogP contribution in [-0.2, 0) is 4.79 Å². The minimum atomic E-state index is -0.0952. The van der Waals surface area contributed by atoms with Crippen molar-refractivity contribution in [1.29, 1.82) is 0 Å². The number of nitrogens with zero attached hydrogens (tertiary/aromatic N) is 1. The summed E-state index contributed by atoms with van der Waals surface area (Å²) in [6.45, 7) is 8.49. The summed E-state index contributed by atoms with van der Waals surface area (Å²) < 4.78 is 5.75. The number of anilines is 1. The number of hydrogen-bond donors (Lipinski definition) is 1. The summed E-state index contributed by atoms with van der Waals surface area (Å²) in [5.41, 5.74) is 6.57. The van der Waals surface area contributed by atoms with Crippen LogP contribution >= 0.6 is 11.3 Å². The van der Waals surface area contributed by atoms with Crippen LogP contribution in [0.5, 0.6) is 5.75 Å². The van der Waals surface area contributed by atoms with Gasteiger partial charge in [-0.2, -0.15) is 0 Å². The fourth-order valence-electron chi connectivity index (χ4n) is 2.76. The monoisotopic (exact) mass is 380 g/mol. The molecule has 27 heavy (non-hydrogen) atoms. The van der Waals surface area contributed by atoms with Crippen molar-refractivity contribution in [3.63, 3.8) is 0 Å². The van der Waals surface area contributed by atoms with E-state index in [1.807, 2.05) is 37.4 Å². The molecule has 4 nitrogen and oxygen atoms in total. The largest absolute Gasteiger partial charge is 0.493 e. The van der Waals surface area contributed by atoms with Gasteiger partial charge in [0.25, 0.3) is 0 Å². The molecule has 0 fully saturated rings. The lowest BCUT2D eigenvalue weighted by Gasteiger charge is -2.09. The molecule has 0 saturated carbocycles.